The molecule has 1 aromatic heterocycles. The summed E-state index contributed by atoms with van der Waals surface area (Å²) in [5.74, 6) is -0.111. The molecule has 132 valence electrons. The Labute approximate surface area is 148 Å². The highest BCUT2D eigenvalue weighted by Crippen LogP contribution is 2.30. The van der Waals surface area contributed by atoms with Crippen molar-refractivity contribution in [2.75, 3.05) is 27.2 Å². The Morgan fingerprint density at radius 1 is 1.28 bits per heavy atom. The summed E-state index contributed by atoms with van der Waals surface area (Å²) in [6, 6.07) is 12.8. The van der Waals surface area contributed by atoms with Gasteiger partial charge in [0.05, 0.1) is 18.3 Å². The molecule has 1 atom stereocenters. The van der Waals surface area contributed by atoms with Crippen LogP contribution >= 0.6 is 0 Å². The van der Waals surface area contributed by atoms with Crippen molar-refractivity contribution in [1.82, 2.24) is 14.8 Å². The smallest absolute Gasteiger partial charge is 0.236 e. The molecule has 1 aliphatic heterocycles. The molecule has 0 N–H and O–H groups in total. The number of amides is 1. The lowest BCUT2D eigenvalue weighted by atomic mass is 10.1. The van der Waals surface area contributed by atoms with Crippen molar-refractivity contribution in [2.45, 2.75) is 25.3 Å². The third kappa shape index (κ3) is 4.42. The van der Waals surface area contributed by atoms with E-state index < -0.39 is 0 Å². The normalized spacial score (nSPS) is 17.6. The SMILES string of the molecule is CN(C)C(=O)CN1CCCC1c1cccc(Cc2cccc(F)c2)n1. The van der Waals surface area contributed by atoms with Gasteiger partial charge in [-0.3, -0.25) is 14.7 Å². The van der Waals surface area contributed by atoms with Crippen LogP contribution in [0.15, 0.2) is 42.5 Å². The van der Waals surface area contributed by atoms with E-state index in [1.807, 2.05) is 24.3 Å². The fourth-order valence-corrected chi connectivity index (χ4v) is 3.30. The molecular weight excluding hydrogens is 317 g/mol. The summed E-state index contributed by atoms with van der Waals surface area (Å²) < 4.78 is 13.4. The summed E-state index contributed by atoms with van der Waals surface area (Å²) in [5, 5.41) is 0. The summed E-state index contributed by atoms with van der Waals surface area (Å²) in [4.78, 5) is 20.7. The number of rotatable bonds is 5. The van der Waals surface area contributed by atoms with Crippen molar-refractivity contribution in [3.05, 3.63) is 65.2 Å². The molecule has 0 radical (unpaired) electrons. The Morgan fingerprint density at radius 2 is 2.08 bits per heavy atom. The molecule has 3 rings (SSSR count). The fourth-order valence-electron chi connectivity index (χ4n) is 3.30. The first kappa shape index (κ1) is 17.5. The summed E-state index contributed by atoms with van der Waals surface area (Å²) in [5.41, 5.74) is 2.84. The van der Waals surface area contributed by atoms with E-state index in [1.54, 1.807) is 31.1 Å². The van der Waals surface area contributed by atoms with Crippen LogP contribution in [0.1, 0.15) is 35.8 Å². The van der Waals surface area contributed by atoms with Crippen LogP contribution in [0.25, 0.3) is 0 Å². The highest BCUT2D eigenvalue weighted by molar-refractivity contribution is 5.77. The lowest BCUT2D eigenvalue weighted by Crippen LogP contribution is -2.36. The molecule has 0 saturated carbocycles. The molecule has 2 aromatic rings. The number of likely N-dealkylation sites (tertiary alicyclic amines) is 1. The number of halogens is 1. The molecule has 0 bridgehead atoms. The van der Waals surface area contributed by atoms with Gasteiger partial charge in [0.25, 0.3) is 0 Å². The molecule has 1 aliphatic rings. The van der Waals surface area contributed by atoms with Crippen LogP contribution < -0.4 is 0 Å². The number of nitrogens with zero attached hydrogens (tertiary/aromatic N) is 3. The lowest BCUT2D eigenvalue weighted by Gasteiger charge is -2.25. The summed E-state index contributed by atoms with van der Waals surface area (Å²) >= 11 is 0. The Hall–Kier alpha value is -2.27. The van der Waals surface area contributed by atoms with Gasteiger partial charge in [0.1, 0.15) is 5.82 Å². The van der Waals surface area contributed by atoms with Crippen LogP contribution in [-0.4, -0.2) is 47.9 Å². The quantitative estimate of drug-likeness (QED) is 0.839. The maximum Gasteiger partial charge on any atom is 0.236 e. The van der Waals surface area contributed by atoms with E-state index in [4.69, 9.17) is 4.98 Å². The van der Waals surface area contributed by atoms with Crippen molar-refractivity contribution in [1.29, 1.82) is 0 Å². The van der Waals surface area contributed by atoms with Crippen molar-refractivity contribution in [3.8, 4) is 0 Å². The molecule has 1 fully saturated rings. The van der Waals surface area contributed by atoms with Crippen LogP contribution in [0, 0.1) is 5.82 Å². The van der Waals surface area contributed by atoms with Crippen molar-refractivity contribution in [3.63, 3.8) is 0 Å². The zero-order valence-corrected chi connectivity index (χ0v) is 14.8. The fraction of sp³-hybridized carbons (Fsp3) is 0.400. The van der Waals surface area contributed by atoms with Gasteiger partial charge in [-0.15, -0.1) is 0 Å². The van der Waals surface area contributed by atoms with E-state index in [0.717, 1.165) is 36.3 Å². The maximum atomic E-state index is 13.4. The van der Waals surface area contributed by atoms with Crippen molar-refractivity contribution < 1.29 is 9.18 Å². The van der Waals surface area contributed by atoms with Crippen molar-refractivity contribution >= 4 is 5.91 Å². The second kappa shape index (κ2) is 7.74. The molecule has 0 aliphatic carbocycles. The Kier molecular flexibility index (Phi) is 5.43. The zero-order valence-electron chi connectivity index (χ0n) is 14.8. The van der Waals surface area contributed by atoms with Gasteiger partial charge in [0.15, 0.2) is 0 Å². The number of carbonyl (C=O) groups is 1. The molecule has 1 saturated heterocycles. The van der Waals surface area contributed by atoms with Gasteiger partial charge in [-0.25, -0.2) is 4.39 Å². The Bertz CT molecular complexity index is 747. The molecule has 0 spiro atoms. The average Bonchev–Trinajstić information content (AvgIpc) is 3.03. The highest BCUT2D eigenvalue weighted by atomic mass is 19.1. The predicted octanol–water partition coefficient (Wildman–Crippen LogP) is 3.04. The first-order chi connectivity index (χ1) is 12.0. The number of hydrogen-bond acceptors (Lipinski definition) is 3. The van der Waals surface area contributed by atoms with Gasteiger partial charge in [-0.05, 0) is 49.2 Å². The number of carbonyl (C=O) groups excluding carboxylic acids is 1. The van der Waals surface area contributed by atoms with Crippen molar-refractivity contribution in [2.24, 2.45) is 0 Å². The lowest BCUT2D eigenvalue weighted by molar-refractivity contribution is -0.130. The molecule has 1 amide bonds. The predicted molar refractivity (Wildman–Crippen MR) is 95.7 cm³/mol. The number of aromatic nitrogens is 1. The Morgan fingerprint density at radius 3 is 2.84 bits per heavy atom. The summed E-state index contributed by atoms with van der Waals surface area (Å²) in [6.45, 7) is 1.34. The van der Waals surface area contributed by atoms with Gasteiger partial charge < -0.3 is 4.90 Å². The standard InChI is InChI=1S/C20H24FN3O/c1-23(2)20(25)14-24-11-5-10-19(24)18-9-4-8-17(22-18)13-15-6-3-7-16(21)12-15/h3-4,6-9,12,19H,5,10-11,13-14H2,1-2H3. The summed E-state index contributed by atoms with van der Waals surface area (Å²) in [6.07, 6.45) is 2.69. The maximum absolute atomic E-state index is 13.4. The number of benzene rings is 1. The minimum atomic E-state index is -0.224. The van der Waals surface area contributed by atoms with Crippen LogP contribution in [-0.2, 0) is 11.2 Å². The average molecular weight is 341 g/mol. The summed E-state index contributed by atoms with van der Waals surface area (Å²) in [7, 11) is 3.57. The van der Waals surface area contributed by atoms with Gasteiger partial charge in [-0.2, -0.15) is 0 Å². The topological polar surface area (TPSA) is 36.4 Å². The molecule has 5 heteroatoms. The van der Waals surface area contributed by atoms with E-state index in [0.29, 0.717) is 13.0 Å². The molecule has 4 nitrogen and oxygen atoms in total. The molecular formula is C20H24FN3O. The highest BCUT2D eigenvalue weighted by Gasteiger charge is 2.29. The molecule has 2 heterocycles. The molecule has 1 unspecified atom stereocenters. The third-order valence-electron chi connectivity index (χ3n) is 4.64. The molecule has 25 heavy (non-hydrogen) atoms. The van der Waals surface area contributed by atoms with Crippen LogP contribution in [0.5, 0.6) is 0 Å². The number of likely N-dealkylation sites (N-methyl/N-ethyl adjacent to an activating group) is 1. The van der Waals surface area contributed by atoms with Gasteiger partial charge >= 0.3 is 0 Å². The van der Waals surface area contributed by atoms with Crippen LogP contribution in [0.4, 0.5) is 4.39 Å². The van der Waals surface area contributed by atoms with E-state index in [2.05, 4.69) is 4.90 Å². The largest absolute Gasteiger partial charge is 0.348 e. The van der Waals surface area contributed by atoms with E-state index in [1.165, 1.54) is 6.07 Å². The van der Waals surface area contributed by atoms with Crippen LogP contribution in [0.2, 0.25) is 0 Å². The Balaban J connectivity index is 1.75. The van der Waals surface area contributed by atoms with Gasteiger partial charge in [0, 0.05) is 26.2 Å². The second-order valence-corrected chi connectivity index (χ2v) is 6.78. The molecule has 1 aromatic carbocycles. The monoisotopic (exact) mass is 341 g/mol. The van der Waals surface area contributed by atoms with E-state index in [-0.39, 0.29) is 17.8 Å². The zero-order chi connectivity index (χ0) is 17.8. The minimum Gasteiger partial charge on any atom is -0.348 e. The van der Waals surface area contributed by atoms with Gasteiger partial charge in [-0.1, -0.05) is 18.2 Å². The van der Waals surface area contributed by atoms with E-state index >= 15 is 0 Å². The second-order valence-electron chi connectivity index (χ2n) is 6.78. The van der Waals surface area contributed by atoms with E-state index in [9.17, 15) is 9.18 Å². The number of pyridine rings is 1. The van der Waals surface area contributed by atoms with Gasteiger partial charge in [0.2, 0.25) is 5.91 Å². The number of hydrogen-bond donors (Lipinski definition) is 0. The first-order valence-corrected chi connectivity index (χ1v) is 8.67. The minimum absolute atomic E-state index is 0.114. The first-order valence-electron chi connectivity index (χ1n) is 8.67. The third-order valence-corrected chi connectivity index (χ3v) is 4.64. The van der Waals surface area contributed by atoms with Crippen LogP contribution in [0.3, 0.4) is 0 Å².